The van der Waals surface area contributed by atoms with Crippen LogP contribution in [0, 0.1) is 0 Å². The second-order valence-electron chi connectivity index (χ2n) is 13.2. The minimum absolute atomic E-state index is 0. The molecular weight excluding hydrogens is 584 g/mol. The molecule has 11 heteroatoms. The van der Waals surface area contributed by atoms with Crippen LogP contribution in [-0.4, -0.2) is 126 Å². The lowest BCUT2D eigenvalue weighted by Crippen LogP contribution is -3.00. The van der Waals surface area contributed by atoms with Crippen LogP contribution in [0.2, 0.25) is 0 Å². The van der Waals surface area contributed by atoms with Crippen molar-refractivity contribution in [3.8, 4) is 0 Å². The number of nitrogens with zero attached hydrogens (tertiary/aromatic N) is 4. The minimum Gasteiger partial charge on any atom is -1.00 e. The van der Waals surface area contributed by atoms with E-state index in [9.17, 15) is 14.4 Å². The van der Waals surface area contributed by atoms with Crippen LogP contribution in [0.5, 0.6) is 0 Å². The van der Waals surface area contributed by atoms with Gasteiger partial charge in [-0.3, -0.25) is 0 Å². The van der Waals surface area contributed by atoms with E-state index in [-0.39, 0.29) is 32.2 Å². The Labute approximate surface area is 276 Å². The molecule has 0 N–H and O–H groups in total. The largest absolute Gasteiger partial charge is 1.00 e. The summed E-state index contributed by atoms with van der Waals surface area (Å²) in [5.41, 5.74) is 0. The molecule has 10 nitrogen and oxygen atoms in total. The van der Waals surface area contributed by atoms with Crippen molar-refractivity contribution >= 4 is 18.2 Å². The smallest absolute Gasteiger partial charge is 0.418 e. The van der Waals surface area contributed by atoms with Crippen LogP contribution < -0.4 is 12.4 Å². The number of halogens is 1. The summed E-state index contributed by atoms with van der Waals surface area (Å²) in [6.45, 7) is 3.52. The highest BCUT2D eigenvalue weighted by molar-refractivity contribution is 5.90. The van der Waals surface area contributed by atoms with Gasteiger partial charge in [-0.05, 0) is 6.42 Å². The number of carbonyl (C=O) groups is 3. The number of likely N-dealkylation sites (N-methyl/N-ethyl adjacent to an activating group) is 1. The highest BCUT2D eigenvalue weighted by Crippen LogP contribution is 2.14. The molecule has 0 aromatic heterocycles. The fourth-order valence-corrected chi connectivity index (χ4v) is 4.48. The first kappa shape index (κ1) is 44.3. The van der Waals surface area contributed by atoms with Crippen molar-refractivity contribution in [3.05, 3.63) is 0 Å². The molecule has 0 saturated heterocycles. The SMILES string of the molecule is CCCCCCCCCCCCCCCCCCOCC(COC(=O)N(CC[N+](C)(C)C)C(=O)N(C)C)OC(=O)N(C)C.[Cl-]. The van der Waals surface area contributed by atoms with Gasteiger partial charge < -0.3 is 40.9 Å². The van der Waals surface area contributed by atoms with E-state index < -0.39 is 24.3 Å². The topological polar surface area (TPSA) is 88.6 Å². The average Bonchev–Trinajstić information content (AvgIpc) is 2.94. The molecule has 0 saturated carbocycles. The molecule has 0 fully saturated rings. The zero-order valence-corrected chi connectivity index (χ0v) is 30.3. The Morgan fingerprint density at radius 2 is 1.09 bits per heavy atom. The van der Waals surface area contributed by atoms with Crippen LogP contribution >= 0.6 is 0 Å². The molecule has 1 unspecified atom stereocenters. The van der Waals surface area contributed by atoms with E-state index in [0.29, 0.717) is 17.6 Å². The quantitative estimate of drug-likeness (QED) is 0.109. The number of unbranched alkanes of at least 4 members (excludes halogenated alkanes) is 15. The van der Waals surface area contributed by atoms with E-state index in [1.54, 1.807) is 28.2 Å². The lowest BCUT2D eigenvalue weighted by atomic mass is 10.0. The zero-order valence-electron chi connectivity index (χ0n) is 29.5. The third kappa shape index (κ3) is 25.5. The maximum Gasteiger partial charge on any atom is 0.418 e. The fraction of sp³-hybridized carbons (Fsp3) is 0.909. The number of quaternary nitrogens is 1. The summed E-state index contributed by atoms with van der Waals surface area (Å²) >= 11 is 0. The van der Waals surface area contributed by atoms with Crippen LogP contribution in [0.15, 0.2) is 0 Å². The normalized spacial score (nSPS) is 11.8. The summed E-state index contributed by atoms with van der Waals surface area (Å²) < 4.78 is 17.3. The molecule has 0 aliphatic carbocycles. The van der Waals surface area contributed by atoms with Gasteiger partial charge in [0.05, 0.1) is 40.8 Å². The average molecular weight is 651 g/mol. The van der Waals surface area contributed by atoms with E-state index >= 15 is 0 Å². The van der Waals surface area contributed by atoms with E-state index in [0.717, 1.165) is 17.7 Å². The molecular formula is C33H67ClN4O6. The van der Waals surface area contributed by atoms with Crippen molar-refractivity contribution in [2.75, 3.05) is 82.2 Å². The van der Waals surface area contributed by atoms with Crippen molar-refractivity contribution in [1.29, 1.82) is 0 Å². The molecule has 4 amide bonds. The molecule has 0 aromatic rings. The third-order valence-electron chi connectivity index (χ3n) is 7.30. The number of carbonyl (C=O) groups excluding carboxylic acids is 3. The van der Waals surface area contributed by atoms with E-state index in [4.69, 9.17) is 14.2 Å². The van der Waals surface area contributed by atoms with Gasteiger partial charge in [-0.1, -0.05) is 103 Å². The second-order valence-corrected chi connectivity index (χ2v) is 13.2. The minimum atomic E-state index is -0.769. The predicted octanol–water partition coefficient (Wildman–Crippen LogP) is 4.16. The van der Waals surface area contributed by atoms with E-state index in [1.807, 2.05) is 21.1 Å². The molecule has 0 heterocycles. The van der Waals surface area contributed by atoms with Gasteiger partial charge in [-0.15, -0.1) is 0 Å². The van der Waals surface area contributed by atoms with Gasteiger partial charge in [0.2, 0.25) is 0 Å². The van der Waals surface area contributed by atoms with Crippen LogP contribution in [0.1, 0.15) is 110 Å². The number of amides is 4. The summed E-state index contributed by atoms with van der Waals surface area (Å²) in [5.74, 6) is 0. The fourth-order valence-electron chi connectivity index (χ4n) is 4.48. The molecule has 0 spiro atoms. The lowest BCUT2D eigenvalue weighted by molar-refractivity contribution is -0.869. The van der Waals surface area contributed by atoms with Crippen LogP contribution in [0.4, 0.5) is 14.4 Å². The zero-order chi connectivity index (χ0) is 32.5. The number of hydrogen-bond acceptors (Lipinski definition) is 6. The first-order chi connectivity index (χ1) is 20.4. The highest BCUT2D eigenvalue weighted by Gasteiger charge is 2.28. The predicted molar refractivity (Wildman–Crippen MR) is 174 cm³/mol. The number of rotatable bonds is 25. The van der Waals surface area contributed by atoms with Crippen LogP contribution in [0.25, 0.3) is 0 Å². The number of urea groups is 1. The lowest BCUT2D eigenvalue weighted by Gasteiger charge is -2.29. The van der Waals surface area contributed by atoms with Crippen molar-refractivity contribution < 1.29 is 45.5 Å². The van der Waals surface area contributed by atoms with Gasteiger partial charge in [0.1, 0.15) is 6.61 Å². The Balaban J connectivity index is 0. The molecule has 0 radical (unpaired) electrons. The molecule has 1 atom stereocenters. The molecule has 0 rings (SSSR count). The van der Waals surface area contributed by atoms with Crippen molar-refractivity contribution in [3.63, 3.8) is 0 Å². The van der Waals surface area contributed by atoms with E-state index in [1.165, 1.54) is 99.7 Å². The van der Waals surface area contributed by atoms with Crippen molar-refractivity contribution in [2.24, 2.45) is 0 Å². The number of ether oxygens (including phenoxy) is 3. The maximum absolute atomic E-state index is 12.8. The van der Waals surface area contributed by atoms with Gasteiger partial charge in [0, 0.05) is 34.8 Å². The van der Waals surface area contributed by atoms with Gasteiger partial charge in [0.25, 0.3) is 0 Å². The molecule has 0 aliphatic heterocycles. The molecule has 0 aliphatic rings. The second kappa shape index (κ2) is 27.5. The summed E-state index contributed by atoms with van der Waals surface area (Å²) in [4.78, 5) is 41.3. The molecule has 262 valence electrons. The Morgan fingerprint density at radius 3 is 1.50 bits per heavy atom. The first-order valence-electron chi connectivity index (χ1n) is 16.8. The van der Waals surface area contributed by atoms with Gasteiger partial charge in [0.15, 0.2) is 6.10 Å². The Bertz CT molecular complexity index is 734. The van der Waals surface area contributed by atoms with Crippen molar-refractivity contribution in [1.82, 2.24) is 14.7 Å². The monoisotopic (exact) mass is 650 g/mol. The number of imide groups is 1. The Kier molecular flexibility index (Phi) is 27.7. The Morgan fingerprint density at radius 1 is 0.636 bits per heavy atom. The first-order valence-corrected chi connectivity index (χ1v) is 16.8. The summed E-state index contributed by atoms with van der Waals surface area (Å²) in [6.07, 6.45) is 18.9. The van der Waals surface area contributed by atoms with Crippen LogP contribution in [-0.2, 0) is 14.2 Å². The van der Waals surface area contributed by atoms with Gasteiger partial charge in [-0.2, -0.15) is 0 Å². The van der Waals surface area contributed by atoms with Crippen LogP contribution in [0.3, 0.4) is 0 Å². The maximum atomic E-state index is 12.8. The summed E-state index contributed by atoms with van der Waals surface area (Å²) in [6, 6.07) is -0.458. The Hall–Kier alpha value is -1.78. The highest BCUT2D eigenvalue weighted by atomic mass is 35.5. The van der Waals surface area contributed by atoms with E-state index in [2.05, 4.69) is 6.92 Å². The van der Waals surface area contributed by atoms with Crippen molar-refractivity contribution in [2.45, 2.75) is 116 Å². The summed E-state index contributed by atoms with van der Waals surface area (Å²) in [7, 11) is 12.3. The third-order valence-corrected chi connectivity index (χ3v) is 7.30. The summed E-state index contributed by atoms with van der Waals surface area (Å²) in [5, 5.41) is 0. The standard InChI is InChI=1S/C33H67N4O6.ClH/c1-9-10-11-12-13-14-15-16-17-18-19-20-21-22-23-24-27-41-28-30(43-32(39)35(4)5)29-42-33(40)36(31(38)34(2)3)25-26-37(6,7)8;/h30H,9-29H2,1-8H3;1H/q+1;/p-1. The number of hydrogen-bond donors (Lipinski definition) is 0. The molecule has 44 heavy (non-hydrogen) atoms. The molecule has 0 aromatic carbocycles. The van der Waals surface area contributed by atoms with Gasteiger partial charge >= 0.3 is 18.2 Å². The van der Waals surface area contributed by atoms with Gasteiger partial charge in [-0.25, -0.2) is 19.3 Å². The molecule has 0 bridgehead atoms.